The molecule has 0 saturated heterocycles. The SMILES string of the molecule is CN1Cc2cc(N(C)c3ccc(-c4nnc5n4CCCCC5)cc3)ccc2C1=O. The average molecular weight is 387 g/mol. The second-order valence-electron chi connectivity index (χ2n) is 8.01. The molecule has 1 aromatic heterocycles. The van der Waals surface area contributed by atoms with E-state index in [4.69, 9.17) is 0 Å². The van der Waals surface area contributed by atoms with Crippen molar-refractivity contribution in [2.75, 3.05) is 19.0 Å². The van der Waals surface area contributed by atoms with Gasteiger partial charge in [-0.3, -0.25) is 4.79 Å². The molecule has 0 unspecified atom stereocenters. The molecular weight excluding hydrogens is 362 g/mol. The van der Waals surface area contributed by atoms with Gasteiger partial charge in [-0.05, 0) is 60.9 Å². The van der Waals surface area contributed by atoms with Gasteiger partial charge in [0.2, 0.25) is 0 Å². The van der Waals surface area contributed by atoms with E-state index in [1.54, 1.807) is 4.90 Å². The van der Waals surface area contributed by atoms with Gasteiger partial charge in [0.15, 0.2) is 5.82 Å². The van der Waals surface area contributed by atoms with Gasteiger partial charge < -0.3 is 14.4 Å². The molecule has 0 radical (unpaired) electrons. The van der Waals surface area contributed by atoms with Crippen LogP contribution in [0.15, 0.2) is 42.5 Å². The minimum absolute atomic E-state index is 0.103. The lowest BCUT2D eigenvalue weighted by Crippen LogP contribution is -2.17. The zero-order chi connectivity index (χ0) is 20.0. The first-order chi connectivity index (χ1) is 14.1. The van der Waals surface area contributed by atoms with Gasteiger partial charge in [0.05, 0.1) is 0 Å². The highest BCUT2D eigenvalue weighted by Gasteiger charge is 2.24. The Morgan fingerprint density at radius 2 is 1.76 bits per heavy atom. The molecule has 0 N–H and O–H groups in total. The molecule has 0 bridgehead atoms. The Kier molecular flexibility index (Phi) is 4.34. The zero-order valence-electron chi connectivity index (χ0n) is 16.9. The monoisotopic (exact) mass is 387 g/mol. The number of anilines is 2. The highest BCUT2D eigenvalue weighted by molar-refractivity contribution is 5.98. The van der Waals surface area contributed by atoms with Crippen molar-refractivity contribution in [2.45, 2.75) is 38.8 Å². The zero-order valence-corrected chi connectivity index (χ0v) is 16.9. The van der Waals surface area contributed by atoms with Gasteiger partial charge in [-0.2, -0.15) is 0 Å². The fourth-order valence-electron chi connectivity index (χ4n) is 4.34. The molecule has 0 saturated carbocycles. The van der Waals surface area contributed by atoms with Crippen LogP contribution in [0.2, 0.25) is 0 Å². The summed E-state index contributed by atoms with van der Waals surface area (Å²) in [7, 11) is 3.90. The lowest BCUT2D eigenvalue weighted by Gasteiger charge is -2.20. The molecule has 2 aliphatic rings. The topological polar surface area (TPSA) is 54.3 Å². The Balaban J connectivity index is 1.41. The molecule has 1 amide bonds. The minimum Gasteiger partial charge on any atom is -0.345 e. The molecule has 3 heterocycles. The average Bonchev–Trinajstić information content (AvgIpc) is 3.17. The quantitative estimate of drug-likeness (QED) is 0.681. The fourth-order valence-corrected chi connectivity index (χ4v) is 4.34. The van der Waals surface area contributed by atoms with Crippen LogP contribution in [-0.2, 0) is 19.5 Å². The van der Waals surface area contributed by atoms with Crippen molar-refractivity contribution in [3.63, 3.8) is 0 Å². The molecule has 0 spiro atoms. The Morgan fingerprint density at radius 3 is 2.59 bits per heavy atom. The van der Waals surface area contributed by atoms with E-state index in [2.05, 4.69) is 57.0 Å². The van der Waals surface area contributed by atoms with Gasteiger partial charge in [0.1, 0.15) is 5.82 Å². The van der Waals surface area contributed by atoms with E-state index in [1.165, 1.54) is 19.3 Å². The predicted molar refractivity (Wildman–Crippen MR) is 113 cm³/mol. The van der Waals surface area contributed by atoms with Gasteiger partial charge in [-0.1, -0.05) is 6.42 Å². The van der Waals surface area contributed by atoms with Gasteiger partial charge in [0, 0.05) is 56.1 Å². The highest BCUT2D eigenvalue weighted by atomic mass is 16.2. The third-order valence-corrected chi connectivity index (χ3v) is 6.08. The number of fused-ring (bicyclic) bond motifs is 2. The van der Waals surface area contributed by atoms with Crippen molar-refractivity contribution in [1.82, 2.24) is 19.7 Å². The van der Waals surface area contributed by atoms with Crippen LogP contribution in [0.3, 0.4) is 0 Å². The minimum atomic E-state index is 0.103. The second kappa shape index (κ2) is 7.03. The number of nitrogens with zero attached hydrogens (tertiary/aromatic N) is 5. The standard InChI is InChI=1S/C23H25N5O/c1-26-15-17-14-19(11-12-20(17)23(26)29)27(2)18-9-7-16(8-10-18)22-25-24-21-6-4-3-5-13-28(21)22/h7-12,14H,3-6,13,15H2,1-2H3. The summed E-state index contributed by atoms with van der Waals surface area (Å²) in [6.07, 6.45) is 4.66. The first-order valence-electron chi connectivity index (χ1n) is 10.3. The number of aryl methyl sites for hydroxylation is 1. The normalized spacial score (nSPS) is 15.8. The molecule has 6 nitrogen and oxygen atoms in total. The summed E-state index contributed by atoms with van der Waals surface area (Å²) in [5.41, 5.74) is 5.18. The molecule has 2 aromatic carbocycles. The highest BCUT2D eigenvalue weighted by Crippen LogP contribution is 2.31. The molecule has 5 rings (SSSR count). The third-order valence-electron chi connectivity index (χ3n) is 6.08. The van der Waals surface area contributed by atoms with Crippen molar-refractivity contribution in [2.24, 2.45) is 0 Å². The Bertz CT molecular complexity index is 1070. The molecule has 6 heteroatoms. The Morgan fingerprint density at radius 1 is 0.966 bits per heavy atom. The number of benzene rings is 2. The van der Waals surface area contributed by atoms with Crippen molar-refractivity contribution in [1.29, 1.82) is 0 Å². The number of carbonyl (C=O) groups is 1. The summed E-state index contributed by atoms with van der Waals surface area (Å²) in [5, 5.41) is 8.87. The van der Waals surface area contributed by atoms with E-state index < -0.39 is 0 Å². The molecule has 0 atom stereocenters. The molecule has 148 valence electrons. The van der Waals surface area contributed by atoms with E-state index in [0.29, 0.717) is 6.54 Å². The van der Waals surface area contributed by atoms with Gasteiger partial charge in [-0.15, -0.1) is 10.2 Å². The van der Waals surface area contributed by atoms with Crippen molar-refractivity contribution in [3.05, 3.63) is 59.4 Å². The molecule has 29 heavy (non-hydrogen) atoms. The Labute approximate surface area is 170 Å². The number of carbonyl (C=O) groups excluding carboxylic acids is 1. The van der Waals surface area contributed by atoms with E-state index >= 15 is 0 Å². The number of amides is 1. The molecule has 3 aromatic rings. The van der Waals surface area contributed by atoms with Crippen molar-refractivity contribution < 1.29 is 4.79 Å². The predicted octanol–water partition coefficient (Wildman–Crippen LogP) is 4.03. The summed E-state index contributed by atoms with van der Waals surface area (Å²) < 4.78 is 2.28. The van der Waals surface area contributed by atoms with Crippen LogP contribution in [0.1, 0.15) is 41.0 Å². The third kappa shape index (κ3) is 3.09. The number of rotatable bonds is 3. The van der Waals surface area contributed by atoms with E-state index in [0.717, 1.165) is 52.7 Å². The van der Waals surface area contributed by atoms with Crippen LogP contribution in [0.5, 0.6) is 0 Å². The maximum absolute atomic E-state index is 12.1. The van der Waals surface area contributed by atoms with E-state index in [1.807, 2.05) is 19.2 Å². The van der Waals surface area contributed by atoms with Gasteiger partial charge in [-0.25, -0.2) is 0 Å². The lowest BCUT2D eigenvalue weighted by molar-refractivity contribution is 0.0816. The van der Waals surface area contributed by atoms with Crippen LogP contribution in [0.25, 0.3) is 11.4 Å². The summed E-state index contributed by atoms with van der Waals surface area (Å²) >= 11 is 0. The van der Waals surface area contributed by atoms with Crippen molar-refractivity contribution in [3.8, 4) is 11.4 Å². The maximum atomic E-state index is 12.1. The molecule has 0 fully saturated rings. The Hall–Kier alpha value is -3.15. The molecule has 0 aliphatic carbocycles. The first-order valence-corrected chi connectivity index (χ1v) is 10.3. The van der Waals surface area contributed by atoms with Crippen LogP contribution < -0.4 is 4.90 Å². The number of hydrogen-bond donors (Lipinski definition) is 0. The number of hydrogen-bond acceptors (Lipinski definition) is 4. The van der Waals surface area contributed by atoms with Crippen LogP contribution in [0, 0.1) is 0 Å². The van der Waals surface area contributed by atoms with Crippen molar-refractivity contribution >= 4 is 17.3 Å². The molecular formula is C23H25N5O. The van der Waals surface area contributed by atoms with Crippen LogP contribution in [-0.4, -0.2) is 39.7 Å². The van der Waals surface area contributed by atoms with Crippen LogP contribution in [0.4, 0.5) is 11.4 Å². The van der Waals surface area contributed by atoms with Crippen LogP contribution >= 0.6 is 0 Å². The first kappa shape index (κ1) is 17.9. The van der Waals surface area contributed by atoms with Gasteiger partial charge in [0.25, 0.3) is 5.91 Å². The summed E-state index contributed by atoms with van der Waals surface area (Å²) in [6, 6.07) is 14.6. The summed E-state index contributed by atoms with van der Waals surface area (Å²) in [4.78, 5) is 16.0. The smallest absolute Gasteiger partial charge is 0.254 e. The summed E-state index contributed by atoms with van der Waals surface area (Å²) in [6.45, 7) is 1.67. The summed E-state index contributed by atoms with van der Waals surface area (Å²) in [5.74, 6) is 2.18. The van der Waals surface area contributed by atoms with E-state index in [9.17, 15) is 4.79 Å². The second-order valence-corrected chi connectivity index (χ2v) is 8.01. The largest absolute Gasteiger partial charge is 0.345 e. The lowest BCUT2D eigenvalue weighted by atomic mass is 10.1. The fraction of sp³-hybridized carbons (Fsp3) is 0.348. The molecule has 2 aliphatic heterocycles. The number of aromatic nitrogens is 3. The van der Waals surface area contributed by atoms with E-state index in [-0.39, 0.29) is 5.91 Å². The van der Waals surface area contributed by atoms with Gasteiger partial charge >= 0.3 is 0 Å². The maximum Gasteiger partial charge on any atom is 0.254 e.